The zero-order valence-corrected chi connectivity index (χ0v) is 12.7. The average molecular weight is 307 g/mol. The number of halogens is 1. The quantitative estimate of drug-likeness (QED) is 0.814. The van der Waals surface area contributed by atoms with Crippen LogP contribution in [0.3, 0.4) is 0 Å². The van der Waals surface area contributed by atoms with Crippen molar-refractivity contribution in [3.8, 4) is 0 Å². The summed E-state index contributed by atoms with van der Waals surface area (Å²) in [5.74, 6) is -0.0855. The number of rotatable bonds is 3. The molecule has 1 atom stereocenters. The topological polar surface area (TPSA) is 66.1 Å². The SMILES string of the molecule is CC(=O)Nc1ccc(NC2CCNC2)c2cccnc12.Cl. The van der Waals surface area contributed by atoms with Crippen molar-refractivity contribution in [3.63, 3.8) is 0 Å². The van der Waals surface area contributed by atoms with E-state index < -0.39 is 0 Å². The zero-order valence-electron chi connectivity index (χ0n) is 11.8. The number of carbonyl (C=O) groups is 1. The fourth-order valence-corrected chi connectivity index (χ4v) is 2.59. The molecule has 1 saturated heterocycles. The second-order valence-corrected chi connectivity index (χ2v) is 5.08. The molecule has 3 N–H and O–H groups in total. The van der Waals surface area contributed by atoms with Gasteiger partial charge in [0.15, 0.2) is 0 Å². The molecule has 0 aliphatic carbocycles. The van der Waals surface area contributed by atoms with Gasteiger partial charge in [0.2, 0.25) is 5.91 Å². The number of benzene rings is 1. The van der Waals surface area contributed by atoms with Crippen LogP contribution in [0, 0.1) is 0 Å². The van der Waals surface area contributed by atoms with Crippen molar-refractivity contribution >= 4 is 40.6 Å². The predicted octanol–water partition coefficient (Wildman–Crippen LogP) is 2.39. The smallest absolute Gasteiger partial charge is 0.221 e. The number of carbonyl (C=O) groups excluding carboxylic acids is 1. The highest BCUT2D eigenvalue weighted by Gasteiger charge is 2.16. The molecule has 0 radical (unpaired) electrons. The van der Waals surface area contributed by atoms with Gasteiger partial charge in [-0.1, -0.05) is 0 Å². The molecule has 1 amide bonds. The largest absolute Gasteiger partial charge is 0.380 e. The molecular formula is C15H19ClN4O. The van der Waals surface area contributed by atoms with Crippen LogP contribution in [0.1, 0.15) is 13.3 Å². The lowest BCUT2D eigenvalue weighted by molar-refractivity contribution is -0.114. The van der Waals surface area contributed by atoms with Crippen LogP contribution in [-0.2, 0) is 4.79 Å². The highest BCUT2D eigenvalue weighted by molar-refractivity contribution is 6.04. The van der Waals surface area contributed by atoms with E-state index in [1.807, 2.05) is 24.3 Å². The summed E-state index contributed by atoms with van der Waals surface area (Å²) in [6.45, 7) is 3.54. The van der Waals surface area contributed by atoms with E-state index in [2.05, 4.69) is 20.9 Å². The average Bonchev–Trinajstić information content (AvgIpc) is 2.94. The Balaban J connectivity index is 0.00000161. The van der Waals surface area contributed by atoms with Gasteiger partial charge in [0.05, 0.1) is 11.2 Å². The molecule has 112 valence electrons. The van der Waals surface area contributed by atoms with Gasteiger partial charge in [-0.2, -0.15) is 0 Å². The van der Waals surface area contributed by atoms with E-state index in [4.69, 9.17) is 0 Å². The molecule has 1 aromatic carbocycles. The summed E-state index contributed by atoms with van der Waals surface area (Å²) in [6, 6.07) is 8.30. The number of aromatic nitrogens is 1. The maximum Gasteiger partial charge on any atom is 0.221 e. The van der Waals surface area contributed by atoms with Crippen molar-refractivity contribution in [1.82, 2.24) is 10.3 Å². The number of hydrogen-bond acceptors (Lipinski definition) is 4. The number of anilines is 2. The van der Waals surface area contributed by atoms with E-state index in [1.165, 1.54) is 6.92 Å². The van der Waals surface area contributed by atoms with Crippen molar-refractivity contribution in [2.45, 2.75) is 19.4 Å². The third-order valence-corrected chi connectivity index (χ3v) is 3.50. The van der Waals surface area contributed by atoms with E-state index in [1.54, 1.807) is 6.20 Å². The summed E-state index contributed by atoms with van der Waals surface area (Å²) in [4.78, 5) is 15.7. The summed E-state index contributed by atoms with van der Waals surface area (Å²) in [5, 5.41) is 10.8. The van der Waals surface area contributed by atoms with Crippen LogP contribution in [0.15, 0.2) is 30.5 Å². The standard InChI is InChI=1S/C15H18N4O.ClH/c1-10(20)18-14-5-4-13(19-11-6-8-16-9-11)12-3-2-7-17-15(12)14;/h2-5,7,11,16,19H,6,8-9H2,1H3,(H,18,20);1H. The second kappa shape index (κ2) is 6.74. The van der Waals surface area contributed by atoms with E-state index >= 15 is 0 Å². The van der Waals surface area contributed by atoms with Gasteiger partial charge in [0.25, 0.3) is 0 Å². The van der Waals surface area contributed by atoms with E-state index in [0.29, 0.717) is 6.04 Å². The maximum atomic E-state index is 11.3. The Morgan fingerprint density at radius 1 is 1.33 bits per heavy atom. The van der Waals surface area contributed by atoms with Crippen LogP contribution in [0.4, 0.5) is 11.4 Å². The predicted molar refractivity (Wildman–Crippen MR) is 88.2 cm³/mol. The van der Waals surface area contributed by atoms with Gasteiger partial charge in [0.1, 0.15) is 0 Å². The fraction of sp³-hybridized carbons (Fsp3) is 0.333. The van der Waals surface area contributed by atoms with Crippen LogP contribution in [0.2, 0.25) is 0 Å². The van der Waals surface area contributed by atoms with Gasteiger partial charge in [-0.3, -0.25) is 9.78 Å². The monoisotopic (exact) mass is 306 g/mol. The van der Waals surface area contributed by atoms with E-state index in [-0.39, 0.29) is 18.3 Å². The molecule has 1 aliphatic rings. The van der Waals surface area contributed by atoms with Crippen molar-refractivity contribution in [2.75, 3.05) is 23.7 Å². The lowest BCUT2D eigenvalue weighted by Gasteiger charge is -2.16. The molecule has 0 bridgehead atoms. The molecule has 5 nitrogen and oxygen atoms in total. The van der Waals surface area contributed by atoms with Crippen LogP contribution in [-0.4, -0.2) is 30.0 Å². The van der Waals surface area contributed by atoms with Crippen LogP contribution in [0.25, 0.3) is 10.9 Å². The van der Waals surface area contributed by atoms with Crippen LogP contribution < -0.4 is 16.0 Å². The van der Waals surface area contributed by atoms with Gasteiger partial charge in [-0.05, 0) is 37.2 Å². The summed E-state index contributed by atoms with van der Waals surface area (Å²) in [6.07, 6.45) is 2.86. The molecule has 21 heavy (non-hydrogen) atoms. The van der Waals surface area contributed by atoms with Crippen molar-refractivity contribution in [1.29, 1.82) is 0 Å². The summed E-state index contributed by atoms with van der Waals surface area (Å²) in [5.41, 5.74) is 2.64. The highest BCUT2D eigenvalue weighted by Crippen LogP contribution is 2.29. The van der Waals surface area contributed by atoms with Crippen LogP contribution in [0.5, 0.6) is 0 Å². The molecule has 2 aromatic rings. The number of nitrogens with one attached hydrogen (secondary N) is 3. The number of pyridine rings is 1. The van der Waals surface area contributed by atoms with Gasteiger partial charge in [-0.15, -0.1) is 12.4 Å². The summed E-state index contributed by atoms with van der Waals surface area (Å²) in [7, 11) is 0. The molecule has 0 spiro atoms. The molecule has 1 fully saturated rings. The zero-order chi connectivity index (χ0) is 13.9. The van der Waals surface area contributed by atoms with E-state index in [0.717, 1.165) is 41.8 Å². The Hall–Kier alpha value is -1.85. The molecule has 1 aliphatic heterocycles. The Labute approximate surface area is 129 Å². The van der Waals surface area contributed by atoms with Gasteiger partial charge >= 0.3 is 0 Å². The van der Waals surface area contributed by atoms with Gasteiger partial charge in [-0.25, -0.2) is 0 Å². The molecule has 3 rings (SSSR count). The first-order chi connectivity index (χ1) is 9.74. The molecular weight excluding hydrogens is 288 g/mol. The van der Waals surface area contributed by atoms with E-state index in [9.17, 15) is 4.79 Å². The van der Waals surface area contributed by atoms with Crippen molar-refractivity contribution in [2.24, 2.45) is 0 Å². The second-order valence-electron chi connectivity index (χ2n) is 5.08. The molecule has 6 heteroatoms. The Morgan fingerprint density at radius 3 is 2.86 bits per heavy atom. The first-order valence-corrected chi connectivity index (χ1v) is 6.86. The van der Waals surface area contributed by atoms with Crippen molar-refractivity contribution < 1.29 is 4.79 Å². The third-order valence-electron chi connectivity index (χ3n) is 3.50. The third kappa shape index (κ3) is 3.43. The lowest BCUT2D eigenvalue weighted by atomic mass is 10.1. The first-order valence-electron chi connectivity index (χ1n) is 6.86. The maximum absolute atomic E-state index is 11.3. The minimum Gasteiger partial charge on any atom is -0.380 e. The minimum atomic E-state index is -0.0855. The molecule has 1 aromatic heterocycles. The minimum absolute atomic E-state index is 0. The van der Waals surface area contributed by atoms with Crippen LogP contribution >= 0.6 is 12.4 Å². The molecule has 2 heterocycles. The van der Waals surface area contributed by atoms with Gasteiger partial charge in [0, 0.05) is 36.8 Å². The summed E-state index contributed by atoms with van der Waals surface area (Å²) < 4.78 is 0. The fourth-order valence-electron chi connectivity index (χ4n) is 2.59. The highest BCUT2D eigenvalue weighted by atomic mass is 35.5. The number of hydrogen-bond donors (Lipinski definition) is 3. The first kappa shape index (κ1) is 15.5. The molecule has 0 saturated carbocycles. The lowest BCUT2D eigenvalue weighted by Crippen LogP contribution is -2.22. The van der Waals surface area contributed by atoms with Crippen molar-refractivity contribution in [3.05, 3.63) is 30.5 Å². The Bertz CT molecular complexity index is 641. The normalized spacial score (nSPS) is 17.3. The number of fused-ring (bicyclic) bond motifs is 1. The summed E-state index contributed by atoms with van der Waals surface area (Å²) >= 11 is 0. The number of nitrogens with zero attached hydrogens (tertiary/aromatic N) is 1. The number of amides is 1. The molecule has 1 unspecified atom stereocenters. The Morgan fingerprint density at radius 2 is 2.14 bits per heavy atom. The van der Waals surface area contributed by atoms with Gasteiger partial charge < -0.3 is 16.0 Å². The Kier molecular flexibility index (Phi) is 4.98.